The summed E-state index contributed by atoms with van der Waals surface area (Å²) in [6.07, 6.45) is 1.09. The molecule has 1 aliphatic heterocycles. The molecule has 178 valence electrons. The van der Waals surface area contributed by atoms with Crippen LogP contribution < -0.4 is 5.48 Å². The number of nitrogens with zero attached hydrogens (tertiary/aromatic N) is 2. The lowest BCUT2D eigenvalue weighted by Gasteiger charge is -2.30. The Morgan fingerprint density at radius 1 is 1.12 bits per heavy atom. The SMILES string of the molecule is Cc1ccc(-c2ccc(C3(CC(=O)NO)CCN(C(=O)c4ccccn4)CCS3(=O)=O)s2)cc1. The Morgan fingerprint density at radius 2 is 1.88 bits per heavy atom. The quantitative estimate of drug-likeness (QED) is 0.411. The summed E-state index contributed by atoms with van der Waals surface area (Å²) in [6, 6.07) is 16.5. The fourth-order valence-electron chi connectivity index (χ4n) is 4.18. The molecule has 3 aromatic rings. The highest BCUT2D eigenvalue weighted by molar-refractivity contribution is 7.92. The highest BCUT2D eigenvalue weighted by Crippen LogP contribution is 2.45. The zero-order valence-corrected chi connectivity index (χ0v) is 20.2. The van der Waals surface area contributed by atoms with Crippen molar-refractivity contribution in [3.63, 3.8) is 0 Å². The monoisotopic (exact) mass is 499 g/mol. The number of amides is 2. The van der Waals surface area contributed by atoms with Crippen molar-refractivity contribution < 1.29 is 23.2 Å². The van der Waals surface area contributed by atoms with Gasteiger partial charge in [0.1, 0.15) is 10.4 Å². The van der Waals surface area contributed by atoms with E-state index < -0.39 is 26.9 Å². The largest absolute Gasteiger partial charge is 0.336 e. The molecule has 1 aliphatic rings. The number of rotatable bonds is 5. The molecule has 1 aromatic carbocycles. The van der Waals surface area contributed by atoms with Crippen LogP contribution in [0.1, 0.15) is 33.8 Å². The Morgan fingerprint density at radius 3 is 2.56 bits per heavy atom. The highest BCUT2D eigenvalue weighted by atomic mass is 32.2. The lowest BCUT2D eigenvalue weighted by Crippen LogP contribution is -2.41. The number of aromatic nitrogens is 1. The molecule has 1 fully saturated rings. The number of thiophene rings is 1. The fourth-order valence-corrected chi connectivity index (χ4v) is 7.79. The van der Waals surface area contributed by atoms with E-state index in [1.165, 1.54) is 22.4 Å². The van der Waals surface area contributed by atoms with Crippen molar-refractivity contribution in [3.05, 3.63) is 76.9 Å². The maximum Gasteiger partial charge on any atom is 0.272 e. The molecule has 0 aliphatic carbocycles. The topological polar surface area (TPSA) is 117 Å². The highest BCUT2D eigenvalue weighted by Gasteiger charge is 2.50. The van der Waals surface area contributed by atoms with Crippen molar-refractivity contribution >= 4 is 33.0 Å². The smallest absolute Gasteiger partial charge is 0.272 e. The maximum absolute atomic E-state index is 13.7. The molecule has 34 heavy (non-hydrogen) atoms. The number of carbonyl (C=O) groups excluding carboxylic acids is 2. The number of hydrogen-bond donors (Lipinski definition) is 2. The first-order chi connectivity index (χ1) is 16.3. The molecule has 8 nitrogen and oxygen atoms in total. The van der Waals surface area contributed by atoms with Crippen LogP contribution >= 0.6 is 11.3 Å². The normalized spacial score (nSPS) is 19.9. The van der Waals surface area contributed by atoms with Crippen LogP contribution in [0.3, 0.4) is 0 Å². The second-order valence-corrected chi connectivity index (χ2v) is 11.8. The zero-order valence-electron chi connectivity index (χ0n) is 18.6. The lowest BCUT2D eigenvalue weighted by molar-refractivity contribution is -0.129. The van der Waals surface area contributed by atoms with Crippen LogP contribution in [0.2, 0.25) is 0 Å². The second kappa shape index (κ2) is 9.65. The number of aryl methyl sites for hydroxylation is 1. The zero-order chi connectivity index (χ0) is 24.3. The standard InChI is InChI=1S/C24H25N3O5S2/c1-17-5-7-18(8-6-17)20-9-10-21(33-20)24(16-22(28)26-30)11-13-27(14-15-34(24,31)32)23(29)19-4-2-3-12-25-19/h2-10,12,30H,11,13-16H2,1H3,(H,26,28). The van der Waals surface area contributed by atoms with Gasteiger partial charge in [0.15, 0.2) is 9.84 Å². The predicted octanol–water partition coefficient (Wildman–Crippen LogP) is 3.17. The molecule has 2 aromatic heterocycles. The van der Waals surface area contributed by atoms with Gasteiger partial charge >= 0.3 is 0 Å². The van der Waals surface area contributed by atoms with E-state index in [-0.39, 0.29) is 36.9 Å². The van der Waals surface area contributed by atoms with E-state index in [1.54, 1.807) is 29.7 Å². The molecule has 0 saturated carbocycles. The molecule has 0 bridgehead atoms. The Kier molecular flexibility index (Phi) is 6.83. The third-order valence-electron chi connectivity index (χ3n) is 6.14. The molecule has 0 radical (unpaired) electrons. The molecule has 1 saturated heterocycles. The van der Waals surface area contributed by atoms with E-state index in [0.717, 1.165) is 16.0 Å². The first-order valence-electron chi connectivity index (χ1n) is 10.8. The maximum atomic E-state index is 13.7. The molecule has 2 amide bonds. The molecule has 3 heterocycles. The fraction of sp³-hybridized carbons (Fsp3) is 0.292. The third-order valence-corrected chi connectivity index (χ3v) is 10.1. The minimum atomic E-state index is -3.88. The number of carbonyl (C=O) groups is 2. The predicted molar refractivity (Wildman–Crippen MR) is 129 cm³/mol. The number of benzene rings is 1. The summed E-state index contributed by atoms with van der Waals surface area (Å²) < 4.78 is 25.8. The molecule has 1 atom stereocenters. The van der Waals surface area contributed by atoms with Crippen LogP contribution in [0, 0.1) is 6.92 Å². The van der Waals surface area contributed by atoms with Crippen LogP contribution in [0.5, 0.6) is 0 Å². The van der Waals surface area contributed by atoms with E-state index in [4.69, 9.17) is 0 Å². The second-order valence-electron chi connectivity index (χ2n) is 8.31. The van der Waals surface area contributed by atoms with E-state index in [9.17, 15) is 23.2 Å². The first kappa shape index (κ1) is 24.1. The van der Waals surface area contributed by atoms with Gasteiger partial charge in [-0.25, -0.2) is 13.9 Å². The summed E-state index contributed by atoms with van der Waals surface area (Å²) >= 11 is 1.31. The summed E-state index contributed by atoms with van der Waals surface area (Å²) in [7, 11) is -3.88. The van der Waals surface area contributed by atoms with Gasteiger partial charge in [-0.05, 0) is 43.2 Å². The van der Waals surface area contributed by atoms with Gasteiger partial charge in [-0.15, -0.1) is 11.3 Å². The summed E-state index contributed by atoms with van der Waals surface area (Å²) in [6.45, 7) is 2.11. The molecular weight excluding hydrogens is 474 g/mol. The van der Waals surface area contributed by atoms with E-state index in [0.29, 0.717) is 4.88 Å². The minimum Gasteiger partial charge on any atom is -0.336 e. The van der Waals surface area contributed by atoms with Gasteiger partial charge < -0.3 is 4.90 Å². The van der Waals surface area contributed by atoms with Crippen molar-refractivity contribution in [1.82, 2.24) is 15.4 Å². The van der Waals surface area contributed by atoms with Crippen LogP contribution in [0.15, 0.2) is 60.8 Å². The lowest BCUT2D eigenvalue weighted by atomic mass is 9.97. The van der Waals surface area contributed by atoms with Crippen molar-refractivity contribution in [3.8, 4) is 10.4 Å². The van der Waals surface area contributed by atoms with Crippen molar-refractivity contribution in [2.24, 2.45) is 0 Å². The van der Waals surface area contributed by atoms with Gasteiger partial charge in [0, 0.05) is 29.0 Å². The average molecular weight is 500 g/mol. The van der Waals surface area contributed by atoms with E-state index in [1.807, 2.05) is 37.3 Å². The summed E-state index contributed by atoms with van der Waals surface area (Å²) in [5.41, 5.74) is 3.87. The summed E-state index contributed by atoms with van der Waals surface area (Å²) in [5, 5.41) is 9.20. The van der Waals surface area contributed by atoms with Crippen LogP contribution in [0.25, 0.3) is 10.4 Å². The molecular formula is C24H25N3O5S2. The van der Waals surface area contributed by atoms with Crippen molar-refractivity contribution in [1.29, 1.82) is 0 Å². The van der Waals surface area contributed by atoms with E-state index >= 15 is 0 Å². The number of sulfone groups is 1. The molecule has 1 unspecified atom stereocenters. The van der Waals surface area contributed by atoms with Crippen molar-refractivity contribution in [2.45, 2.75) is 24.5 Å². The van der Waals surface area contributed by atoms with Crippen LogP contribution in [-0.4, -0.2) is 54.2 Å². The van der Waals surface area contributed by atoms with Gasteiger partial charge in [0.25, 0.3) is 5.91 Å². The third kappa shape index (κ3) is 4.61. The summed E-state index contributed by atoms with van der Waals surface area (Å²) in [5.74, 6) is -1.45. The number of hydroxylamine groups is 1. The number of nitrogens with one attached hydrogen (secondary N) is 1. The Hall–Kier alpha value is -3.08. The van der Waals surface area contributed by atoms with Gasteiger partial charge in [-0.3, -0.25) is 19.8 Å². The summed E-state index contributed by atoms with van der Waals surface area (Å²) in [4.78, 5) is 32.2. The Balaban J connectivity index is 1.72. The van der Waals surface area contributed by atoms with E-state index in [2.05, 4.69) is 4.98 Å². The van der Waals surface area contributed by atoms with Gasteiger partial charge in [-0.2, -0.15) is 0 Å². The average Bonchev–Trinajstić information content (AvgIpc) is 3.29. The number of hydrogen-bond acceptors (Lipinski definition) is 7. The van der Waals surface area contributed by atoms with Gasteiger partial charge in [-0.1, -0.05) is 35.9 Å². The van der Waals surface area contributed by atoms with Crippen molar-refractivity contribution in [2.75, 3.05) is 18.8 Å². The van der Waals surface area contributed by atoms with Crippen LogP contribution in [-0.2, 0) is 19.4 Å². The molecule has 2 N–H and O–H groups in total. The minimum absolute atomic E-state index is 0.00354. The number of pyridine rings is 1. The van der Waals surface area contributed by atoms with Gasteiger partial charge in [0.05, 0.1) is 12.2 Å². The molecule has 4 rings (SSSR count). The van der Waals surface area contributed by atoms with Gasteiger partial charge in [0.2, 0.25) is 5.91 Å². The van der Waals surface area contributed by atoms with Crippen LogP contribution in [0.4, 0.5) is 0 Å². The Labute approximate surface area is 202 Å². The molecule has 0 spiro atoms. The first-order valence-corrected chi connectivity index (χ1v) is 13.3. The molecule has 10 heteroatoms. The Bertz CT molecular complexity index is 1290.